The van der Waals surface area contributed by atoms with Gasteiger partial charge in [-0.1, -0.05) is 17.7 Å². The fraction of sp³-hybridized carbons (Fsp3) is 0.273. The van der Waals surface area contributed by atoms with Crippen LogP contribution in [0.25, 0.3) is 0 Å². The standard InChI is InChI=1S/C22H23F3N4O/c1-14-5-7-16(8-6-14)28-20-26-13-18(22(23,24)25)19(29-20)27-15-9-11-17(12-10-15)30-21(2,3)4/h5-13H,1-4H3,(H2,26,27,28,29). The van der Waals surface area contributed by atoms with Gasteiger partial charge in [-0.05, 0) is 64.1 Å². The summed E-state index contributed by atoms with van der Waals surface area (Å²) in [5, 5.41) is 5.66. The quantitative estimate of drug-likeness (QED) is 0.499. The topological polar surface area (TPSA) is 59.1 Å². The van der Waals surface area contributed by atoms with E-state index < -0.39 is 11.7 Å². The van der Waals surface area contributed by atoms with Crippen molar-refractivity contribution in [1.29, 1.82) is 0 Å². The molecule has 3 aromatic rings. The van der Waals surface area contributed by atoms with E-state index in [-0.39, 0.29) is 17.4 Å². The summed E-state index contributed by atoms with van der Waals surface area (Å²) in [6.07, 6.45) is -3.83. The molecule has 3 rings (SSSR count). The van der Waals surface area contributed by atoms with E-state index in [0.29, 0.717) is 17.1 Å². The zero-order valence-electron chi connectivity index (χ0n) is 17.1. The summed E-state index contributed by atoms with van der Waals surface area (Å²) in [6.45, 7) is 7.69. The average molecular weight is 416 g/mol. The van der Waals surface area contributed by atoms with Crippen LogP contribution in [0.2, 0.25) is 0 Å². The number of rotatable bonds is 5. The molecule has 0 unspecified atom stereocenters. The van der Waals surface area contributed by atoms with Crippen molar-refractivity contribution in [3.8, 4) is 5.75 Å². The third kappa shape index (κ3) is 5.85. The highest BCUT2D eigenvalue weighted by atomic mass is 19.4. The molecule has 0 amide bonds. The lowest BCUT2D eigenvalue weighted by Crippen LogP contribution is -2.22. The van der Waals surface area contributed by atoms with Gasteiger partial charge in [0, 0.05) is 17.6 Å². The third-order valence-electron chi connectivity index (χ3n) is 3.94. The lowest BCUT2D eigenvalue weighted by atomic mass is 10.2. The van der Waals surface area contributed by atoms with E-state index >= 15 is 0 Å². The van der Waals surface area contributed by atoms with E-state index in [0.717, 1.165) is 11.8 Å². The first kappa shape index (κ1) is 21.4. The molecule has 0 bridgehead atoms. The molecule has 2 aromatic carbocycles. The highest BCUT2D eigenvalue weighted by Crippen LogP contribution is 2.35. The van der Waals surface area contributed by atoms with Crippen LogP contribution in [0.4, 0.5) is 36.3 Å². The van der Waals surface area contributed by atoms with Gasteiger partial charge in [0.25, 0.3) is 0 Å². The first-order valence-corrected chi connectivity index (χ1v) is 9.34. The molecular formula is C22H23F3N4O. The van der Waals surface area contributed by atoms with Crippen molar-refractivity contribution in [2.45, 2.75) is 39.5 Å². The number of hydrogen-bond donors (Lipinski definition) is 2. The average Bonchev–Trinajstić information content (AvgIpc) is 2.63. The number of benzene rings is 2. The summed E-state index contributed by atoms with van der Waals surface area (Å²) in [5.74, 6) is 0.340. The van der Waals surface area contributed by atoms with Gasteiger partial charge in [-0.2, -0.15) is 18.2 Å². The molecule has 0 saturated carbocycles. The predicted octanol–water partition coefficient (Wildman–Crippen LogP) is 6.47. The van der Waals surface area contributed by atoms with Crippen LogP contribution in [0.15, 0.2) is 54.7 Å². The van der Waals surface area contributed by atoms with Crippen molar-refractivity contribution in [1.82, 2.24) is 9.97 Å². The fourth-order valence-corrected chi connectivity index (χ4v) is 2.61. The minimum absolute atomic E-state index is 0.0574. The molecular weight excluding hydrogens is 393 g/mol. The normalized spacial score (nSPS) is 11.8. The molecule has 0 atom stereocenters. The van der Waals surface area contributed by atoms with Crippen LogP contribution < -0.4 is 15.4 Å². The van der Waals surface area contributed by atoms with Crippen LogP contribution in [0.5, 0.6) is 5.75 Å². The highest BCUT2D eigenvalue weighted by molar-refractivity contribution is 5.63. The second-order valence-corrected chi connectivity index (χ2v) is 7.81. The Balaban J connectivity index is 1.86. The maximum Gasteiger partial charge on any atom is 0.421 e. The molecule has 0 radical (unpaired) electrons. The van der Waals surface area contributed by atoms with Crippen LogP contribution in [-0.2, 0) is 6.18 Å². The smallest absolute Gasteiger partial charge is 0.421 e. The molecule has 8 heteroatoms. The third-order valence-corrected chi connectivity index (χ3v) is 3.94. The van der Waals surface area contributed by atoms with Crippen molar-refractivity contribution in [3.05, 3.63) is 65.9 Å². The largest absolute Gasteiger partial charge is 0.488 e. The van der Waals surface area contributed by atoms with Gasteiger partial charge in [0.2, 0.25) is 5.95 Å². The number of ether oxygens (including phenoxy) is 1. The molecule has 158 valence electrons. The molecule has 5 nitrogen and oxygen atoms in total. The monoisotopic (exact) mass is 416 g/mol. The number of hydrogen-bond acceptors (Lipinski definition) is 5. The summed E-state index contributed by atoms with van der Waals surface area (Å²) < 4.78 is 46.1. The van der Waals surface area contributed by atoms with Crippen molar-refractivity contribution >= 4 is 23.1 Å². The molecule has 0 saturated heterocycles. The van der Waals surface area contributed by atoms with Gasteiger partial charge in [0.15, 0.2) is 0 Å². The van der Waals surface area contributed by atoms with Crippen LogP contribution >= 0.6 is 0 Å². The molecule has 0 aliphatic heterocycles. The first-order chi connectivity index (χ1) is 14.0. The summed E-state index contributed by atoms with van der Waals surface area (Å²) >= 11 is 0. The first-order valence-electron chi connectivity index (χ1n) is 9.34. The molecule has 1 aromatic heterocycles. The van der Waals surface area contributed by atoms with Gasteiger partial charge < -0.3 is 15.4 Å². The van der Waals surface area contributed by atoms with Crippen molar-refractivity contribution in [3.63, 3.8) is 0 Å². The van der Waals surface area contributed by atoms with E-state index in [2.05, 4.69) is 20.6 Å². The Morgan fingerprint density at radius 1 is 0.833 bits per heavy atom. The highest BCUT2D eigenvalue weighted by Gasteiger charge is 2.35. The number of alkyl halides is 3. The molecule has 0 fully saturated rings. The molecule has 2 N–H and O–H groups in total. The zero-order chi connectivity index (χ0) is 21.9. The maximum absolute atomic E-state index is 13.4. The second kappa shape index (κ2) is 8.22. The van der Waals surface area contributed by atoms with Gasteiger partial charge in [-0.3, -0.25) is 0 Å². The number of anilines is 4. The molecule has 0 spiro atoms. The summed E-state index contributed by atoms with van der Waals surface area (Å²) in [7, 11) is 0. The molecule has 30 heavy (non-hydrogen) atoms. The van der Waals surface area contributed by atoms with Gasteiger partial charge in [0.05, 0.1) is 0 Å². The summed E-state index contributed by atoms with van der Waals surface area (Å²) in [5.41, 5.74) is 0.862. The minimum atomic E-state index is -4.60. The van der Waals surface area contributed by atoms with Crippen molar-refractivity contribution in [2.75, 3.05) is 10.6 Å². The van der Waals surface area contributed by atoms with Crippen molar-refractivity contribution in [2.24, 2.45) is 0 Å². The maximum atomic E-state index is 13.4. The van der Waals surface area contributed by atoms with E-state index in [1.807, 2.05) is 39.8 Å². The Kier molecular flexibility index (Phi) is 5.87. The number of halogens is 3. The summed E-state index contributed by atoms with van der Waals surface area (Å²) in [4.78, 5) is 7.87. The van der Waals surface area contributed by atoms with Crippen LogP contribution in [0, 0.1) is 6.92 Å². The SMILES string of the molecule is Cc1ccc(Nc2ncc(C(F)(F)F)c(Nc3ccc(OC(C)(C)C)cc3)n2)cc1. The van der Waals surface area contributed by atoms with E-state index in [1.54, 1.807) is 36.4 Å². The number of nitrogens with zero attached hydrogens (tertiary/aromatic N) is 2. The number of nitrogens with one attached hydrogen (secondary N) is 2. The van der Waals surface area contributed by atoms with Gasteiger partial charge in [0.1, 0.15) is 22.7 Å². The van der Waals surface area contributed by atoms with Crippen LogP contribution in [0.1, 0.15) is 31.9 Å². The van der Waals surface area contributed by atoms with E-state index in [1.165, 1.54) is 0 Å². The Morgan fingerprint density at radius 3 is 1.97 bits per heavy atom. The Bertz CT molecular complexity index is 995. The van der Waals surface area contributed by atoms with Crippen LogP contribution in [-0.4, -0.2) is 15.6 Å². The number of aromatic nitrogens is 2. The summed E-state index contributed by atoms with van der Waals surface area (Å²) in [6, 6.07) is 14.0. The Morgan fingerprint density at radius 2 is 1.40 bits per heavy atom. The minimum Gasteiger partial charge on any atom is -0.488 e. The van der Waals surface area contributed by atoms with Gasteiger partial charge >= 0.3 is 6.18 Å². The van der Waals surface area contributed by atoms with E-state index in [9.17, 15) is 13.2 Å². The van der Waals surface area contributed by atoms with Crippen molar-refractivity contribution < 1.29 is 17.9 Å². The van der Waals surface area contributed by atoms with Crippen LogP contribution in [0.3, 0.4) is 0 Å². The Labute approximate surface area is 173 Å². The van der Waals surface area contributed by atoms with Gasteiger partial charge in [-0.15, -0.1) is 0 Å². The zero-order valence-corrected chi connectivity index (χ0v) is 17.1. The molecule has 0 aliphatic rings. The molecule has 1 heterocycles. The molecule has 0 aliphatic carbocycles. The van der Waals surface area contributed by atoms with Gasteiger partial charge in [-0.25, -0.2) is 4.98 Å². The lowest BCUT2D eigenvalue weighted by Gasteiger charge is -2.21. The predicted molar refractivity (Wildman–Crippen MR) is 112 cm³/mol. The second-order valence-electron chi connectivity index (χ2n) is 7.81. The fourth-order valence-electron chi connectivity index (χ4n) is 2.61. The number of aryl methyl sites for hydroxylation is 1. The lowest BCUT2D eigenvalue weighted by molar-refractivity contribution is -0.137. The van der Waals surface area contributed by atoms with E-state index in [4.69, 9.17) is 4.74 Å². The Hall–Kier alpha value is -3.29.